The van der Waals surface area contributed by atoms with Crippen molar-refractivity contribution in [2.75, 3.05) is 25.5 Å². The van der Waals surface area contributed by atoms with E-state index >= 15 is 0 Å². The maximum Gasteiger partial charge on any atom is 0.419 e. The van der Waals surface area contributed by atoms with Crippen LogP contribution in [-0.4, -0.2) is 64.5 Å². The molecule has 3 aliphatic rings. The Morgan fingerprint density at radius 2 is 1.94 bits per heavy atom. The topological polar surface area (TPSA) is 126 Å². The Balaban J connectivity index is 1.49. The van der Waals surface area contributed by atoms with E-state index in [4.69, 9.17) is 10.5 Å². The molecule has 1 aliphatic heterocycles. The number of carbonyl (C=O) groups excluding carboxylic acids is 2. The molecule has 0 bridgehead atoms. The number of nitrogens with one attached hydrogen (secondary N) is 1. The van der Waals surface area contributed by atoms with Gasteiger partial charge in [0.1, 0.15) is 5.56 Å². The van der Waals surface area contributed by atoms with E-state index in [1.807, 2.05) is 0 Å². The van der Waals surface area contributed by atoms with E-state index < -0.39 is 23.2 Å². The van der Waals surface area contributed by atoms with E-state index in [0.717, 1.165) is 20.0 Å². The zero-order chi connectivity index (χ0) is 24.0. The molecule has 0 radical (unpaired) electrons. The summed E-state index contributed by atoms with van der Waals surface area (Å²) < 4.78 is 46.3. The third kappa shape index (κ3) is 4.19. The van der Waals surface area contributed by atoms with Gasteiger partial charge in [-0.15, -0.1) is 0 Å². The minimum atomic E-state index is -4.43. The first-order chi connectivity index (χ1) is 15.5. The van der Waals surface area contributed by atoms with Gasteiger partial charge in [0.25, 0.3) is 5.91 Å². The number of likely N-dealkylation sites (tertiary alicyclic amines) is 1. The fraction of sp³-hybridized carbons (Fsp3) is 0.714. The number of alkyl halides is 3. The molecule has 1 aromatic heterocycles. The third-order valence-corrected chi connectivity index (χ3v) is 7.29. The van der Waals surface area contributed by atoms with Crippen molar-refractivity contribution in [1.29, 1.82) is 5.26 Å². The molecule has 0 atom stereocenters. The van der Waals surface area contributed by atoms with Crippen LogP contribution in [0.3, 0.4) is 0 Å². The molecule has 2 saturated carbocycles. The van der Waals surface area contributed by atoms with Crippen molar-refractivity contribution in [2.24, 2.45) is 11.7 Å². The number of hydrogen-bond acceptors (Lipinski definition) is 6. The highest BCUT2D eigenvalue weighted by atomic mass is 19.4. The standard InChI is InChI=1S/C21H27F3N6O3/c1-33-20(21(22,23)24)11-29(12-20)14-4-6-19(7-5-14,8-9-25)30-10-15(16(26)31)17(28-30)27-18(32)13-2-3-13/h10,13-14H,2-8,11-12H2,1H3,(H2,26,31)(H,27,28,32). The first-order valence-electron chi connectivity index (χ1n) is 11.0. The summed E-state index contributed by atoms with van der Waals surface area (Å²) in [6.45, 7) is -0.429. The maximum atomic E-state index is 13.3. The average molecular weight is 468 g/mol. The molecule has 0 aromatic carbocycles. The van der Waals surface area contributed by atoms with Crippen LogP contribution in [0, 0.1) is 17.2 Å². The van der Waals surface area contributed by atoms with Gasteiger partial charge < -0.3 is 15.8 Å². The number of nitrogens with zero attached hydrogens (tertiary/aromatic N) is 4. The number of carbonyl (C=O) groups is 2. The first-order valence-corrected chi connectivity index (χ1v) is 11.0. The Hall–Kier alpha value is -2.65. The van der Waals surface area contributed by atoms with Gasteiger partial charge in [0, 0.05) is 38.4 Å². The molecule has 180 valence electrons. The normalized spacial score (nSPS) is 27.4. The highest BCUT2D eigenvalue weighted by Crippen LogP contribution is 2.46. The van der Waals surface area contributed by atoms with Gasteiger partial charge in [0.05, 0.1) is 18.0 Å². The molecule has 12 heteroatoms. The summed E-state index contributed by atoms with van der Waals surface area (Å²) in [5.41, 5.74) is 2.70. The van der Waals surface area contributed by atoms with Gasteiger partial charge in [-0.25, -0.2) is 0 Å². The quantitative estimate of drug-likeness (QED) is 0.632. The molecule has 9 nitrogen and oxygen atoms in total. The van der Waals surface area contributed by atoms with Crippen LogP contribution in [0.2, 0.25) is 0 Å². The summed E-state index contributed by atoms with van der Waals surface area (Å²) in [7, 11) is 1.08. The van der Waals surface area contributed by atoms with Gasteiger partial charge >= 0.3 is 6.18 Å². The van der Waals surface area contributed by atoms with E-state index in [1.54, 1.807) is 9.58 Å². The number of ether oxygens (including phenoxy) is 1. The highest BCUT2D eigenvalue weighted by Gasteiger charge is 2.63. The largest absolute Gasteiger partial charge is 0.419 e. The lowest BCUT2D eigenvalue weighted by atomic mass is 9.75. The molecule has 4 rings (SSSR count). The van der Waals surface area contributed by atoms with Crippen LogP contribution in [0.4, 0.5) is 19.0 Å². The SMILES string of the molecule is COC1(C(F)(F)F)CN(C2CCC(CC#N)(n3cc(C(N)=O)c(NC(=O)C4CC4)n3)CC2)C1. The minimum absolute atomic E-state index is 0.0670. The van der Waals surface area contributed by atoms with Gasteiger partial charge in [-0.1, -0.05) is 0 Å². The summed E-state index contributed by atoms with van der Waals surface area (Å²) in [6.07, 6.45) is 0.822. The fourth-order valence-corrected chi connectivity index (χ4v) is 4.89. The number of amides is 2. The Morgan fingerprint density at radius 1 is 1.30 bits per heavy atom. The molecular weight excluding hydrogens is 441 g/mol. The van der Waals surface area contributed by atoms with Crippen LogP contribution in [0.5, 0.6) is 0 Å². The lowest BCUT2D eigenvalue weighted by molar-refractivity contribution is -0.316. The van der Waals surface area contributed by atoms with E-state index in [1.165, 1.54) is 6.20 Å². The zero-order valence-electron chi connectivity index (χ0n) is 18.3. The minimum Gasteiger partial charge on any atom is -0.366 e. The van der Waals surface area contributed by atoms with Gasteiger partial charge in [-0.3, -0.25) is 19.2 Å². The van der Waals surface area contributed by atoms with Gasteiger partial charge in [-0.2, -0.15) is 23.5 Å². The molecule has 1 saturated heterocycles. The molecule has 3 fully saturated rings. The number of anilines is 1. The van der Waals surface area contributed by atoms with Crippen molar-refractivity contribution in [1.82, 2.24) is 14.7 Å². The van der Waals surface area contributed by atoms with E-state index in [0.29, 0.717) is 25.7 Å². The fourth-order valence-electron chi connectivity index (χ4n) is 4.89. The Kier molecular flexibility index (Phi) is 5.90. The van der Waals surface area contributed by atoms with Crippen LogP contribution in [-0.2, 0) is 15.1 Å². The molecule has 2 heterocycles. The summed E-state index contributed by atoms with van der Waals surface area (Å²) in [5.74, 6) is -0.967. The van der Waals surface area contributed by atoms with Crippen LogP contribution in [0.25, 0.3) is 0 Å². The predicted octanol–water partition coefficient (Wildman–Crippen LogP) is 2.15. The summed E-state index contributed by atoms with van der Waals surface area (Å²) in [5, 5.41) is 16.6. The summed E-state index contributed by atoms with van der Waals surface area (Å²) in [6, 6.07) is 2.10. The summed E-state index contributed by atoms with van der Waals surface area (Å²) >= 11 is 0. The lowest BCUT2D eigenvalue weighted by Gasteiger charge is -2.54. The van der Waals surface area contributed by atoms with E-state index in [9.17, 15) is 28.0 Å². The summed E-state index contributed by atoms with van der Waals surface area (Å²) in [4.78, 5) is 25.9. The van der Waals surface area contributed by atoms with Crippen molar-refractivity contribution in [3.05, 3.63) is 11.8 Å². The Morgan fingerprint density at radius 3 is 2.42 bits per heavy atom. The molecule has 2 amide bonds. The molecular formula is C21H27F3N6O3. The van der Waals surface area contributed by atoms with E-state index in [2.05, 4.69) is 16.5 Å². The molecule has 0 unspecified atom stereocenters. The number of halogens is 3. The number of aromatic nitrogens is 2. The number of primary amides is 1. The first kappa shape index (κ1) is 23.5. The number of nitrogens with two attached hydrogens (primary N) is 1. The van der Waals surface area contributed by atoms with Gasteiger partial charge in [0.2, 0.25) is 5.91 Å². The van der Waals surface area contributed by atoms with Crippen molar-refractivity contribution in [2.45, 2.75) is 68.3 Å². The monoisotopic (exact) mass is 468 g/mol. The third-order valence-electron chi connectivity index (χ3n) is 7.29. The number of methoxy groups -OCH3 is 1. The Labute approximate surface area is 189 Å². The molecule has 0 spiro atoms. The smallest absolute Gasteiger partial charge is 0.366 e. The molecule has 1 aromatic rings. The van der Waals surface area contributed by atoms with Crippen LogP contribution in [0.15, 0.2) is 6.20 Å². The van der Waals surface area contributed by atoms with Crippen molar-refractivity contribution in [3.8, 4) is 6.07 Å². The molecule has 2 aliphatic carbocycles. The second kappa shape index (κ2) is 8.29. The maximum absolute atomic E-state index is 13.3. The van der Waals surface area contributed by atoms with E-state index in [-0.39, 0.29) is 48.8 Å². The second-order valence-electron chi connectivity index (χ2n) is 9.36. The zero-order valence-corrected chi connectivity index (χ0v) is 18.3. The predicted molar refractivity (Wildman–Crippen MR) is 110 cm³/mol. The van der Waals surface area contributed by atoms with Crippen LogP contribution < -0.4 is 11.1 Å². The average Bonchev–Trinajstić information content (AvgIpc) is 3.48. The van der Waals surface area contributed by atoms with Crippen molar-refractivity contribution in [3.63, 3.8) is 0 Å². The number of nitriles is 1. The van der Waals surface area contributed by atoms with Gasteiger partial charge in [-0.05, 0) is 38.5 Å². The highest BCUT2D eigenvalue weighted by molar-refractivity contribution is 6.02. The molecule has 3 N–H and O–H groups in total. The van der Waals surface area contributed by atoms with Crippen molar-refractivity contribution < 1.29 is 27.5 Å². The number of rotatable bonds is 7. The second-order valence-corrected chi connectivity index (χ2v) is 9.36. The number of hydrogen-bond donors (Lipinski definition) is 2. The van der Waals surface area contributed by atoms with Crippen LogP contribution in [0.1, 0.15) is 55.3 Å². The van der Waals surface area contributed by atoms with Gasteiger partial charge in [0.15, 0.2) is 11.4 Å². The molecule has 33 heavy (non-hydrogen) atoms. The van der Waals surface area contributed by atoms with Crippen LogP contribution >= 0.6 is 0 Å². The lowest BCUT2D eigenvalue weighted by Crippen LogP contribution is -2.72. The van der Waals surface area contributed by atoms with Crippen molar-refractivity contribution >= 4 is 17.6 Å². The Bertz CT molecular complexity index is 967.